The van der Waals surface area contributed by atoms with Crippen LogP contribution in [0.4, 0.5) is 0 Å². The monoisotopic (exact) mass is 201 g/mol. The summed E-state index contributed by atoms with van der Waals surface area (Å²) in [5.74, 6) is -0.785. The van der Waals surface area contributed by atoms with E-state index in [-0.39, 0.29) is 6.54 Å². The normalized spacial score (nSPS) is 17.4. The van der Waals surface area contributed by atoms with Crippen molar-refractivity contribution in [2.75, 3.05) is 13.1 Å². The van der Waals surface area contributed by atoms with Crippen LogP contribution in [-0.2, 0) is 4.79 Å². The fourth-order valence-electron chi connectivity index (χ4n) is 1.42. The minimum atomic E-state index is -0.785. The molecule has 1 rings (SSSR count). The van der Waals surface area contributed by atoms with Crippen molar-refractivity contribution < 1.29 is 15.0 Å². The number of aliphatic carboxylic acids is 1. The fourth-order valence-corrected chi connectivity index (χ4v) is 1.42. The predicted molar refractivity (Wildman–Crippen MR) is 53.1 cm³/mol. The van der Waals surface area contributed by atoms with Gasteiger partial charge in [-0.05, 0) is 33.1 Å². The Labute approximate surface area is 84.5 Å². The van der Waals surface area contributed by atoms with Crippen LogP contribution in [-0.4, -0.2) is 45.8 Å². The van der Waals surface area contributed by atoms with Gasteiger partial charge in [-0.3, -0.25) is 9.69 Å². The van der Waals surface area contributed by atoms with Gasteiger partial charge in [-0.1, -0.05) is 0 Å². The minimum absolute atomic E-state index is 0.0980. The molecular formula is C10H19NO3. The summed E-state index contributed by atoms with van der Waals surface area (Å²) in [6, 6.07) is 0.438. The van der Waals surface area contributed by atoms with Gasteiger partial charge in [-0.25, -0.2) is 0 Å². The molecule has 1 aliphatic rings. The maximum Gasteiger partial charge on any atom is 0.317 e. The van der Waals surface area contributed by atoms with Crippen LogP contribution >= 0.6 is 0 Å². The van der Waals surface area contributed by atoms with E-state index in [1.54, 1.807) is 13.8 Å². The molecule has 0 aromatic heterocycles. The number of carbonyl (C=O) groups is 1. The third kappa shape index (κ3) is 4.58. The topological polar surface area (TPSA) is 60.8 Å². The van der Waals surface area contributed by atoms with Crippen LogP contribution in [0.15, 0.2) is 0 Å². The van der Waals surface area contributed by atoms with Gasteiger partial charge in [0.15, 0.2) is 0 Å². The zero-order chi connectivity index (χ0) is 10.8. The van der Waals surface area contributed by atoms with Crippen LogP contribution < -0.4 is 0 Å². The maximum absolute atomic E-state index is 10.6. The van der Waals surface area contributed by atoms with E-state index in [0.29, 0.717) is 19.0 Å². The Morgan fingerprint density at radius 1 is 1.50 bits per heavy atom. The highest BCUT2D eigenvalue weighted by molar-refractivity contribution is 5.69. The molecule has 0 heterocycles. The molecule has 0 aromatic rings. The van der Waals surface area contributed by atoms with Gasteiger partial charge in [0.2, 0.25) is 0 Å². The first-order valence-electron chi connectivity index (χ1n) is 5.07. The fraction of sp³-hybridized carbons (Fsp3) is 0.900. The molecule has 0 spiro atoms. The van der Waals surface area contributed by atoms with Crippen molar-refractivity contribution in [1.82, 2.24) is 4.90 Å². The average Bonchev–Trinajstić information content (AvgIpc) is 2.77. The molecule has 0 aliphatic heterocycles. The highest BCUT2D eigenvalue weighted by Gasteiger charge is 2.30. The summed E-state index contributed by atoms with van der Waals surface area (Å²) in [5, 5.41) is 18.2. The molecule has 0 amide bonds. The largest absolute Gasteiger partial charge is 0.480 e. The molecule has 0 aromatic carbocycles. The molecule has 1 saturated carbocycles. The van der Waals surface area contributed by atoms with Crippen LogP contribution in [0.3, 0.4) is 0 Å². The second kappa shape index (κ2) is 4.28. The van der Waals surface area contributed by atoms with Gasteiger partial charge >= 0.3 is 5.97 Å². The Hall–Kier alpha value is -0.610. The Kier molecular flexibility index (Phi) is 3.50. The number of nitrogens with zero attached hydrogens (tertiary/aromatic N) is 1. The van der Waals surface area contributed by atoms with E-state index in [9.17, 15) is 9.90 Å². The van der Waals surface area contributed by atoms with E-state index in [0.717, 1.165) is 12.8 Å². The molecule has 4 heteroatoms. The lowest BCUT2D eigenvalue weighted by atomic mass is 10.1. The highest BCUT2D eigenvalue weighted by atomic mass is 16.4. The summed E-state index contributed by atoms with van der Waals surface area (Å²) in [5.41, 5.74) is -0.703. The number of carboxylic acid groups (broad SMARTS) is 1. The predicted octanol–water partition coefficient (Wildman–Crippen LogP) is 0.696. The summed E-state index contributed by atoms with van der Waals surface area (Å²) in [7, 11) is 0. The summed E-state index contributed by atoms with van der Waals surface area (Å²) in [6.45, 7) is 4.26. The van der Waals surface area contributed by atoms with E-state index >= 15 is 0 Å². The Morgan fingerprint density at radius 2 is 2.07 bits per heavy atom. The number of rotatable bonds is 6. The highest BCUT2D eigenvalue weighted by Crippen LogP contribution is 2.27. The van der Waals surface area contributed by atoms with Crippen molar-refractivity contribution in [2.24, 2.45) is 0 Å². The van der Waals surface area contributed by atoms with E-state index < -0.39 is 11.6 Å². The molecule has 1 aliphatic carbocycles. The molecule has 0 atom stereocenters. The number of hydrogen-bond donors (Lipinski definition) is 2. The lowest BCUT2D eigenvalue weighted by Crippen LogP contribution is -2.36. The molecule has 4 nitrogen and oxygen atoms in total. The first kappa shape index (κ1) is 11.5. The quantitative estimate of drug-likeness (QED) is 0.664. The second-order valence-corrected chi connectivity index (χ2v) is 4.66. The van der Waals surface area contributed by atoms with Crippen LogP contribution in [0.1, 0.15) is 33.1 Å². The molecule has 0 unspecified atom stereocenters. The van der Waals surface area contributed by atoms with E-state index in [2.05, 4.69) is 0 Å². The van der Waals surface area contributed by atoms with Crippen LogP contribution in [0.5, 0.6) is 0 Å². The zero-order valence-electron chi connectivity index (χ0n) is 8.86. The Morgan fingerprint density at radius 3 is 2.43 bits per heavy atom. The Bertz CT molecular complexity index is 206. The summed E-state index contributed by atoms with van der Waals surface area (Å²) in [4.78, 5) is 12.5. The molecule has 2 N–H and O–H groups in total. The van der Waals surface area contributed by atoms with Gasteiger partial charge < -0.3 is 10.2 Å². The van der Waals surface area contributed by atoms with Crippen molar-refractivity contribution in [3.8, 4) is 0 Å². The van der Waals surface area contributed by atoms with Gasteiger partial charge in [0.05, 0.1) is 12.1 Å². The number of aliphatic hydroxyl groups is 1. The van der Waals surface area contributed by atoms with E-state index in [4.69, 9.17) is 5.11 Å². The molecule has 1 fully saturated rings. The van der Waals surface area contributed by atoms with Crippen LogP contribution in [0.2, 0.25) is 0 Å². The van der Waals surface area contributed by atoms with E-state index in [1.807, 2.05) is 4.90 Å². The SMILES string of the molecule is CC(C)(O)CCN(CC(=O)O)C1CC1. The van der Waals surface area contributed by atoms with Gasteiger partial charge in [0.1, 0.15) is 0 Å². The van der Waals surface area contributed by atoms with Crippen molar-refractivity contribution in [2.45, 2.75) is 44.8 Å². The molecule has 14 heavy (non-hydrogen) atoms. The molecule has 0 saturated heterocycles. The van der Waals surface area contributed by atoms with Crippen molar-refractivity contribution >= 4 is 5.97 Å². The van der Waals surface area contributed by atoms with Crippen molar-refractivity contribution in [3.05, 3.63) is 0 Å². The summed E-state index contributed by atoms with van der Waals surface area (Å²) >= 11 is 0. The number of carboxylic acids is 1. The van der Waals surface area contributed by atoms with E-state index in [1.165, 1.54) is 0 Å². The third-order valence-electron chi connectivity index (χ3n) is 2.41. The Balaban J connectivity index is 2.32. The molecule has 0 bridgehead atoms. The lowest BCUT2D eigenvalue weighted by Gasteiger charge is -2.24. The minimum Gasteiger partial charge on any atom is -0.480 e. The van der Waals surface area contributed by atoms with Crippen molar-refractivity contribution in [3.63, 3.8) is 0 Å². The third-order valence-corrected chi connectivity index (χ3v) is 2.41. The van der Waals surface area contributed by atoms with Gasteiger partial charge in [-0.2, -0.15) is 0 Å². The smallest absolute Gasteiger partial charge is 0.317 e. The average molecular weight is 201 g/mol. The van der Waals surface area contributed by atoms with Gasteiger partial charge in [0, 0.05) is 12.6 Å². The van der Waals surface area contributed by atoms with Crippen molar-refractivity contribution in [1.29, 1.82) is 0 Å². The molecular weight excluding hydrogens is 182 g/mol. The molecule has 0 radical (unpaired) electrons. The second-order valence-electron chi connectivity index (χ2n) is 4.66. The first-order valence-corrected chi connectivity index (χ1v) is 5.07. The van der Waals surface area contributed by atoms with Gasteiger partial charge in [-0.15, -0.1) is 0 Å². The van der Waals surface area contributed by atoms with Gasteiger partial charge in [0.25, 0.3) is 0 Å². The lowest BCUT2D eigenvalue weighted by molar-refractivity contribution is -0.138. The van der Waals surface area contributed by atoms with Crippen LogP contribution in [0.25, 0.3) is 0 Å². The molecule has 82 valence electrons. The van der Waals surface area contributed by atoms with Crippen LogP contribution in [0, 0.1) is 0 Å². The summed E-state index contributed by atoms with van der Waals surface area (Å²) in [6.07, 6.45) is 2.81. The summed E-state index contributed by atoms with van der Waals surface area (Å²) < 4.78 is 0. The first-order chi connectivity index (χ1) is 6.38. The standard InChI is InChI=1S/C10H19NO3/c1-10(2,14)5-6-11(7-9(12)13)8-3-4-8/h8,14H,3-7H2,1-2H3,(H,12,13). The number of hydrogen-bond acceptors (Lipinski definition) is 3. The zero-order valence-corrected chi connectivity index (χ0v) is 8.86. The maximum atomic E-state index is 10.6.